The molecule has 9 heteroatoms. The van der Waals surface area contributed by atoms with E-state index in [-0.39, 0.29) is 37.1 Å². The van der Waals surface area contributed by atoms with Crippen molar-refractivity contribution in [3.05, 3.63) is 35.0 Å². The molecule has 1 aliphatic rings. The molecule has 0 aromatic heterocycles. The smallest absolute Gasteiger partial charge is 0.355 e. The Morgan fingerprint density at radius 1 is 1.15 bits per heavy atom. The summed E-state index contributed by atoms with van der Waals surface area (Å²) in [5.41, 5.74) is 1.98. The zero-order valence-corrected chi connectivity index (χ0v) is 15.7. The van der Waals surface area contributed by atoms with Crippen LogP contribution in [0.3, 0.4) is 0 Å². The van der Waals surface area contributed by atoms with Gasteiger partial charge < -0.3 is 29.2 Å². The number of carbonyl (C=O) groups is 3. The number of hydrogen-bond donors (Lipinski definition) is 1. The number of benzene rings is 1. The van der Waals surface area contributed by atoms with Crippen LogP contribution in [-0.2, 0) is 33.3 Å². The number of aryl methyl sites for hydroxylation is 1. The van der Waals surface area contributed by atoms with E-state index in [4.69, 9.17) is 18.9 Å². The van der Waals surface area contributed by atoms with Gasteiger partial charge in [0.05, 0.1) is 26.4 Å². The average molecular weight is 378 g/mol. The lowest BCUT2D eigenvalue weighted by molar-refractivity contribution is -0.140. The summed E-state index contributed by atoms with van der Waals surface area (Å²) >= 11 is 0. The molecule has 0 atom stereocenters. The summed E-state index contributed by atoms with van der Waals surface area (Å²) in [4.78, 5) is 37.7. The molecule has 1 aromatic rings. The van der Waals surface area contributed by atoms with Crippen molar-refractivity contribution in [3.63, 3.8) is 0 Å². The number of nitrogens with zero attached hydrogens (tertiary/aromatic N) is 1. The fourth-order valence-electron chi connectivity index (χ4n) is 2.64. The molecule has 0 radical (unpaired) electrons. The summed E-state index contributed by atoms with van der Waals surface area (Å²) in [5, 5.41) is 2.70. The Bertz CT molecular complexity index is 773. The first-order valence-corrected chi connectivity index (χ1v) is 8.07. The van der Waals surface area contributed by atoms with Gasteiger partial charge in [0.1, 0.15) is 19.0 Å². The average Bonchev–Trinajstić information content (AvgIpc) is 2.67. The molecular formula is C18H22N2O7. The lowest BCUT2D eigenvalue weighted by Gasteiger charge is -2.32. The van der Waals surface area contributed by atoms with Crippen molar-refractivity contribution in [2.45, 2.75) is 6.92 Å². The van der Waals surface area contributed by atoms with Gasteiger partial charge in [-0.25, -0.2) is 9.59 Å². The van der Waals surface area contributed by atoms with Gasteiger partial charge in [-0.05, 0) is 24.6 Å². The molecule has 9 nitrogen and oxygen atoms in total. The summed E-state index contributed by atoms with van der Waals surface area (Å²) in [6, 6.07) is 5.18. The summed E-state index contributed by atoms with van der Waals surface area (Å²) in [6.45, 7) is 1.70. The minimum absolute atomic E-state index is 0.0290. The number of ether oxygens (including phenoxy) is 4. The van der Waals surface area contributed by atoms with E-state index in [9.17, 15) is 14.4 Å². The van der Waals surface area contributed by atoms with Crippen molar-refractivity contribution in [2.24, 2.45) is 0 Å². The minimum atomic E-state index is -0.688. The summed E-state index contributed by atoms with van der Waals surface area (Å²) in [6.07, 6.45) is 0. The number of esters is 2. The van der Waals surface area contributed by atoms with Gasteiger partial charge >= 0.3 is 11.9 Å². The molecule has 0 aliphatic carbocycles. The topological polar surface area (TPSA) is 103 Å². The normalized spacial score (nSPS) is 14.0. The largest absolute Gasteiger partial charge is 0.466 e. The Morgan fingerprint density at radius 3 is 2.48 bits per heavy atom. The molecule has 0 unspecified atom stereocenters. The maximum Gasteiger partial charge on any atom is 0.355 e. The minimum Gasteiger partial charge on any atom is -0.466 e. The molecule has 1 aromatic carbocycles. The van der Waals surface area contributed by atoms with E-state index in [2.05, 4.69) is 5.32 Å². The van der Waals surface area contributed by atoms with Gasteiger partial charge in [-0.15, -0.1) is 0 Å². The Hall–Kier alpha value is -2.91. The molecule has 0 saturated heterocycles. The van der Waals surface area contributed by atoms with E-state index >= 15 is 0 Å². The fraction of sp³-hybridized carbons (Fsp3) is 0.389. The van der Waals surface area contributed by atoms with Crippen molar-refractivity contribution in [2.75, 3.05) is 51.5 Å². The number of methoxy groups -OCH3 is 3. The standard InChI is InChI=1S/C18H22N2O7/c1-11-5-6-12(19-15(21)9-24-2)7-14(11)20-10-27-8-13(17(22)25-3)16(20)18(23)26-4/h5-7H,8-10H2,1-4H3,(H,19,21). The van der Waals surface area contributed by atoms with Crippen molar-refractivity contribution >= 4 is 29.2 Å². The molecule has 146 valence electrons. The highest BCUT2D eigenvalue weighted by Crippen LogP contribution is 2.31. The lowest BCUT2D eigenvalue weighted by atomic mass is 10.1. The molecule has 0 bridgehead atoms. The molecule has 0 spiro atoms. The highest BCUT2D eigenvalue weighted by Gasteiger charge is 2.33. The van der Waals surface area contributed by atoms with Gasteiger partial charge in [-0.1, -0.05) is 6.07 Å². The van der Waals surface area contributed by atoms with Crippen LogP contribution in [-0.4, -0.2) is 59.1 Å². The number of hydrogen-bond acceptors (Lipinski definition) is 8. The molecule has 1 aliphatic heterocycles. The van der Waals surface area contributed by atoms with Crippen LogP contribution in [0, 0.1) is 6.92 Å². The van der Waals surface area contributed by atoms with Crippen molar-refractivity contribution in [3.8, 4) is 0 Å². The van der Waals surface area contributed by atoms with Crippen LogP contribution in [0.5, 0.6) is 0 Å². The van der Waals surface area contributed by atoms with Gasteiger partial charge in [-0.2, -0.15) is 0 Å². The zero-order chi connectivity index (χ0) is 20.0. The molecule has 2 rings (SSSR count). The third-order valence-corrected chi connectivity index (χ3v) is 3.89. The number of anilines is 2. The van der Waals surface area contributed by atoms with Crippen LogP contribution in [0.15, 0.2) is 29.5 Å². The molecule has 1 heterocycles. The summed E-state index contributed by atoms with van der Waals surface area (Å²) in [5.74, 6) is -1.68. The molecule has 0 fully saturated rings. The Balaban J connectivity index is 2.49. The van der Waals surface area contributed by atoms with Gasteiger partial charge in [0, 0.05) is 18.5 Å². The predicted octanol–water partition coefficient (Wildman–Crippen LogP) is 0.974. The third kappa shape index (κ3) is 4.63. The fourth-order valence-corrected chi connectivity index (χ4v) is 2.64. The van der Waals surface area contributed by atoms with E-state index in [0.717, 1.165) is 5.56 Å². The van der Waals surface area contributed by atoms with E-state index in [1.54, 1.807) is 18.2 Å². The second-order valence-electron chi connectivity index (χ2n) is 5.70. The van der Waals surface area contributed by atoms with Crippen LogP contribution in [0.25, 0.3) is 0 Å². The molecule has 1 amide bonds. The van der Waals surface area contributed by atoms with Crippen LogP contribution in [0.4, 0.5) is 11.4 Å². The molecular weight excluding hydrogens is 356 g/mol. The zero-order valence-electron chi connectivity index (χ0n) is 15.7. The highest BCUT2D eigenvalue weighted by molar-refractivity contribution is 6.03. The second-order valence-corrected chi connectivity index (χ2v) is 5.70. The lowest BCUT2D eigenvalue weighted by Crippen LogP contribution is -2.39. The number of rotatable bonds is 6. The van der Waals surface area contributed by atoms with Crippen molar-refractivity contribution in [1.82, 2.24) is 0 Å². The Labute approximate surface area is 156 Å². The van der Waals surface area contributed by atoms with Gasteiger partial charge in [0.15, 0.2) is 0 Å². The van der Waals surface area contributed by atoms with Gasteiger partial charge in [-0.3, -0.25) is 4.79 Å². The summed E-state index contributed by atoms with van der Waals surface area (Å²) < 4.78 is 19.9. The quantitative estimate of drug-likeness (QED) is 0.731. The second kappa shape index (κ2) is 9.15. The van der Waals surface area contributed by atoms with Crippen LogP contribution in [0.2, 0.25) is 0 Å². The number of carbonyl (C=O) groups excluding carboxylic acids is 3. The Morgan fingerprint density at radius 2 is 1.85 bits per heavy atom. The summed E-state index contributed by atoms with van der Waals surface area (Å²) in [7, 11) is 3.87. The SMILES string of the molecule is COCC(=O)Nc1ccc(C)c(N2COCC(C(=O)OC)=C2C(=O)OC)c1. The number of amides is 1. The highest BCUT2D eigenvalue weighted by atomic mass is 16.5. The number of nitrogens with one attached hydrogen (secondary N) is 1. The molecule has 1 N–H and O–H groups in total. The van der Waals surface area contributed by atoms with E-state index in [1.165, 1.54) is 26.2 Å². The van der Waals surface area contributed by atoms with Gasteiger partial charge in [0.25, 0.3) is 0 Å². The van der Waals surface area contributed by atoms with E-state index in [1.807, 2.05) is 6.92 Å². The predicted molar refractivity (Wildman–Crippen MR) is 96.0 cm³/mol. The first kappa shape index (κ1) is 20.4. The van der Waals surface area contributed by atoms with Crippen LogP contribution < -0.4 is 10.2 Å². The Kier molecular flexibility index (Phi) is 6.91. The van der Waals surface area contributed by atoms with Crippen LogP contribution in [0.1, 0.15) is 5.56 Å². The maximum absolute atomic E-state index is 12.4. The monoisotopic (exact) mass is 378 g/mol. The van der Waals surface area contributed by atoms with E-state index < -0.39 is 11.9 Å². The third-order valence-electron chi connectivity index (χ3n) is 3.89. The maximum atomic E-state index is 12.4. The van der Waals surface area contributed by atoms with Crippen LogP contribution >= 0.6 is 0 Å². The van der Waals surface area contributed by atoms with Gasteiger partial charge in [0.2, 0.25) is 5.91 Å². The van der Waals surface area contributed by atoms with Crippen molar-refractivity contribution in [1.29, 1.82) is 0 Å². The first-order chi connectivity index (χ1) is 12.9. The first-order valence-electron chi connectivity index (χ1n) is 8.07. The molecule has 0 saturated carbocycles. The van der Waals surface area contributed by atoms with E-state index in [0.29, 0.717) is 11.4 Å². The molecule has 27 heavy (non-hydrogen) atoms. The van der Waals surface area contributed by atoms with Crippen molar-refractivity contribution < 1.29 is 33.3 Å².